The minimum absolute atomic E-state index is 0.241. The molecule has 0 radical (unpaired) electrons. The van der Waals surface area contributed by atoms with Crippen LogP contribution in [0.15, 0.2) is 0 Å². The van der Waals surface area contributed by atoms with Crippen molar-refractivity contribution in [3.63, 3.8) is 0 Å². The van der Waals surface area contributed by atoms with Gasteiger partial charge in [0.2, 0.25) is 5.54 Å². The molecule has 0 aromatic heterocycles. The Morgan fingerprint density at radius 1 is 1.25 bits per heavy atom. The Morgan fingerprint density at radius 3 is 2.06 bits per heavy atom. The number of aliphatic hydroxyl groups excluding tert-OH is 1. The van der Waals surface area contributed by atoms with E-state index in [-0.39, 0.29) is 6.42 Å². The second-order valence-electron chi connectivity index (χ2n) is 4.44. The highest BCUT2D eigenvalue weighted by Gasteiger charge is 2.45. The van der Waals surface area contributed by atoms with Gasteiger partial charge in [-0.25, -0.2) is 9.59 Å². The number of hydrogen-bond donors (Lipinski definition) is 2. The number of rotatable bonds is 4. The molecular weight excluding hydrogens is 214 g/mol. The van der Waals surface area contributed by atoms with Gasteiger partial charge >= 0.3 is 11.9 Å². The zero-order valence-electron chi connectivity index (χ0n) is 10.1. The van der Waals surface area contributed by atoms with Crippen molar-refractivity contribution in [2.24, 2.45) is 5.73 Å². The molecule has 0 bridgehead atoms. The van der Waals surface area contributed by atoms with Crippen molar-refractivity contribution in [3.8, 4) is 0 Å². The van der Waals surface area contributed by atoms with Crippen LogP contribution in [0, 0.1) is 0 Å². The Hall–Kier alpha value is -1.14. The first-order chi connectivity index (χ1) is 7.17. The van der Waals surface area contributed by atoms with E-state index in [1.165, 1.54) is 0 Å². The highest BCUT2D eigenvalue weighted by atomic mass is 16.6. The molecule has 6 heteroatoms. The van der Waals surface area contributed by atoms with E-state index in [9.17, 15) is 9.59 Å². The van der Waals surface area contributed by atoms with Gasteiger partial charge in [-0.05, 0) is 20.8 Å². The first-order valence-electron chi connectivity index (χ1n) is 4.89. The van der Waals surface area contributed by atoms with Gasteiger partial charge in [-0.2, -0.15) is 0 Å². The van der Waals surface area contributed by atoms with Crippen molar-refractivity contribution in [1.82, 2.24) is 0 Å². The summed E-state index contributed by atoms with van der Waals surface area (Å²) in [7, 11) is 1.12. The van der Waals surface area contributed by atoms with Crippen molar-refractivity contribution >= 4 is 11.9 Å². The van der Waals surface area contributed by atoms with Gasteiger partial charge in [0.05, 0.1) is 7.11 Å². The van der Waals surface area contributed by atoms with Gasteiger partial charge in [0.25, 0.3) is 0 Å². The monoisotopic (exact) mass is 233 g/mol. The fourth-order valence-electron chi connectivity index (χ4n) is 1.02. The molecule has 0 amide bonds. The predicted octanol–water partition coefficient (Wildman–Crippen LogP) is -0.419. The molecule has 6 nitrogen and oxygen atoms in total. The Labute approximate surface area is 94.7 Å². The zero-order chi connectivity index (χ0) is 13.0. The second-order valence-corrected chi connectivity index (χ2v) is 4.44. The quantitative estimate of drug-likeness (QED) is 0.505. The minimum atomic E-state index is -1.95. The van der Waals surface area contributed by atoms with E-state index in [1.54, 1.807) is 20.8 Å². The topological polar surface area (TPSA) is 98.9 Å². The molecule has 0 aromatic carbocycles. The zero-order valence-corrected chi connectivity index (χ0v) is 10.1. The highest BCUT2D eigenvalue weighted by Crippen LogP contribution is 2.16. The fraction of sp³-hybridized carbons (Fsp3) is 0.800. The molecule has 0 heterocycles. The van der Waals surface area contributed by atoms with Crippen molar-refractivity contribution in [2.45, 2.75) is 38.3 Å². The lowest BCUT2D eigenvalue weighted by Gasteiger charge is -2.28. The van der Waals surface area contributed by atoms with Crippen LogP contribution in [0.25, 0.3) is 0 Å². The Balaban J connectivity index is 4.91. The number of hydrogen-bond acceptors (Lipinski definition) is 6. The van der Waals surface area contributed by atoms with E-state index in [2.05, 4.69) is 4.74 Å². The van der Waals surface area contributed by atoms with Crippen LogP contribution in [0.3, 0.4) is 0 Å². The van der Waals surface area contributed by atoms with Crippen LogP contribution >= 0.6 is 0 Å². The van der Waals surface area contributed by atoms with Crippen LogP contribution in [-0.4, -0.2) is 41.9 Å². The molecule has 0 saturated heterocycles. The largest absolute Gasteiger partial charge is 0.467 e. The van der Waals surface area contributed by atoms with Gasteiger partial charge in [0.1, 0.15) is 5.60 Å². The van der Waals surface area contributed by atoms with Gasteiger partial charge in [-0.15, -0.1) is 0 Å². The molecule has 3 N–H and O–H groups in total. The van der Waals surface area contributed by atoms with Crippen molar-refractivity contribution < 1.29 is 24.2 Å². The van der Waals surface area contributed by atoms with Gasteiger partial charge in [-0.3, -0.25) is 0 Å². The van der Waals surface area contributed by atoms with Crippen LogP contribution in [0.2, 0.25) is 0 Å². The van der Waals surface area contributed by atoms with Crippen LogP contribution < -0.4 is 5.73 Å². The first-order valence-corrected chi connectivity index (χ1v) is 4.89. The molecule has 0 aliphatic rings. The van der Waals surface area contributed by atoms with Crippen LogP contribution in [-0.2, 0) is 19.1 Å². The number of methoxy groups -OCH3 is 1. The first kappa shape index (κ1) is 14.9. The maximum atomic E-state index is 11.7. The number of carbonyl (C=O) groups excluding carboxylic acids is 2. The van der Waals surface area contributed by atoms with E-state index < -0.39 is 29.7 Å². The van der Waals surface area contributed by atoms with E-state index in [0.29, 0.717) is 0 Å². The summed E-state index contributed by atoms with van der Waals surface area (Å²) in [5.41, 5.74) is 2.90. The van der Waals surface area contributed by atoms with Gasteiger partial charge in [0, 0.05) is 13.0 Å². The van der Waals surface area contributed by atoms with Crippen molar-refractivity contribution in [1.29, 1.82) is 0 Å². The number of nitrogens with two attached hydrogens (primary N) is 1. The summed E-state index contributed by atoms with van der Waals surface area (Å²) in [4.78, 5) is 23.1. The molecule has 94 valence electrons. The summed E-state index contributed by atoms with van der Waals surface area (Å²) >= 11 is 0. The lowest BCUT2D eigenvalue weighted by molar-refractivity contribution is -0.171. The molecule has 0 saturated carbocycles. The highest BCUT2D eigenvalue weighted by molar-refractivity contribution is 6.04. The average molecular weight is 233 g/mol. The molecule has 0 spiro atoms. The Morgan fingerprint density at radius 2 is 1.75 bits per heavy atom. The maximum Gasteiger partial charge on any atom is 0.338 e. The second kappa shape index (κ2) is 5.27. The summed E-state index contributed by atoms with van der Waals surface area (Å²) in [5, 5.41) is 8.80. The lowest BCUT2D eigenvalue weighted by atomic mass is 9.97. The van der Waals surface area contributed by atoms with Crippen LogP contribution in [0.4, 0.5) is 0 Å². The summed E-state index contributed by atoms with van der Waals surface area (Å²) < 4.78 is 9.43. The molecule has 0 aromatic rings. The molecule has 1 atom stereocenters. The van der Waals surface area contributed by atoms with Gasteiger partial charge < -0.3 is 20.3 Å². The normalized spacial score (nSPS) is 15.1. The Kier molecular flexibility index (Phi) is 4.89. The maximum absolute atomic E-state index is 11.7. The summed E-state index contributed by atoms with van der Waals surface area (Å²) in [6, 6.07) is 0. The third-order valence-electron chi connectivity index (χ3n) is 1.82. The third-order valence-corrected chi connectivity index (χ3v) is 1.82. The van der Waals surface area contributed by atoms with Crippen molar-refractivity contribution in [2.75, 3.05) is 13.7 Å². The summed E-state index contributed by atoms with van der Waals surface area (Å²) in [6.07, 6.45) is -0.241. The molecule has 0 aliphatic carbocycles. The average Bonchev–Trinajstić information content (AvgIpc) is 2.14. The van der Waals surface area contributed by atoms with Gasteiger partial charge in [0.15, 0.2) is 0 Å². The minimum Gasteiger partial charge on any atom is -0.467 e. The molecule has 16 heavy (non-hydrogen) atoms. The number of aliphatic hydroxyl groups is 1. The van der Waals surface area contributed by atoms with E-state index in [1.807, 2.05) is 0 Å². The predicted molar refractivity (Wildman–Crippen MR) is 56.5 cm³/mol. The third kappa shape index (κ3) is 3.79. The standard InChI is InChI=1S/C10H19NO5/c1-9(2,3)16-8(14)10(11,5-6-12)7(13)15-4/h12H,5-6,11H2,1-4H3. The van der Waals surface area contributed by atoms with E-state index in [0.717, 1.165) is 7.11 Å². The lowest BCUT2D eigenvalue weighted by Crippen LogP contribution is -2.58. The SMILES string of the molecule is COC(=O)C(N)(CCO)C(=O)OC(C)(C)C. The number of carbonyl (C=O) groups is 2. The molecule has 0 aliphatic heterocycles. The molecule has 0 fully saturated rings. The fourth-order valence-corrected chi connectivity index (χ4v) is 1.02. The van der Waals surface area contributed by atoms with E-state index >= 15 is 0 Å². The molecule has 1 unspecified atom stereocenters. The number of ether oxygens (including phenoxy) is 2. The Bertz CT molecular complexity index is 271. The molecular formula is C10H19NO5. The van der Waals surface area contributed by atoms with E-state index in [4.69, 9.17) is 15.6 Å². The van der Waals surface area contributed by atoms with Crippen LogP contribution in [0.5, 0.6) is 0 Å². The summed E-state index contributed by atoms with van der Waals surface area (Å²) in [6.45, 7) is 4.55. The summed E-state index contributed by atoms with van der Waals surface area (Å²) in [5.74, 6) is -1.82. The smallest absolute Gasteiger partial charge is 0.338 e. The number of esters is 2. The van der Waals surface area contributed by atoms with Crippen molar-refractivity contribution in [3.05, 3.63) is 0 Å². The van der Waals surface area contributed by atoms with Gasteiger partial charge in [-0.1, -0.05) is 0 Å². The van der Waals surface area contributed by atoms with Crippen LogP contribution in [0.1, 0.15) is 27.2 Å². The molecule has 0 rings (SSSR count).